The summed E-state index contributed by atoms with van der Waals surface area (Å²) in [6.45, 7) is 2.27. The number of carbonyl (C=O) groups is 1. The van der Waals surface area contributed by atoms with Crippen LogP contribution in [0.1, 0.15) is 15.9 Å². The molecule has 1 amide bonds. The third-order valence-corrected chi connectivity index (χ3v) is 6.88. The minimum absolute atomic E-state index is 0.0840. The largest absolute Gasteiger partial charge is 0.497 e. The number of nitrogens with zero attached hydrogens (tertiary/aromatic N) is 3. The second-order valence-corrected chi connectivity index (χ2v) is 8.54. The summed E-state index contributed by atoms with van der Waals surface area (Å²) < 4.78 is 32.4. The number of aryl methyl sites for hydroxylation is 1. The maximum Gasteiger partial charge on any atom is 0.270 e. The van der Waals surface area contributed by atoms with E-state index < -0.39 is 14.9 Å². The minimum atomic E-state index is -3.90. The first-order valence-corrected chi connectivity index (χ1v) is 10.4. The Morgan fingerprint density at radius 1 is 1.10 bits per heavy atom. The van der Waals surface area contributed by atoms with Crippen LogP contribution in [0.5, 0.6) is 5.75 Å². The lowest BCUT2D eigenvalue weighted by atomic mass is 10.1. The third-order valence-electron chi connectivity index (χ3n) is 4.84. The number of amides is 1. The Morgan fingerprint density at radius 2 is 1.79 bits per heavy atom. The Kier molecular flexibility index (Phi) is 5.85. The van der Waals surface area contributed by atoms with Gasteiger partial charge in [0.15, 0.2) is 0 Å². The Labute approximate surface area is 168 Å². The molecule has 3 rings (SSSR count). The van der Waals surface area contributed by atoms with E-state index in [2.05, 4.69) is 0 Å². The van der Waals surface area contributed by atoms with E-state index in [9.17, 15) is 23.3 Å². The zero-order valence-corrected chi connectivity index (χ0v) is 16.9. The van der Waals surface area contributed by atoms with E-state index in [0.717, 1.165) is 6.07 Å². The van der Waals surface area contributed by atoms with Crippen molar-refractivity contribution in [2.24, 2.45) is 0 Å². The lowest BCUT2D eigenvalue weighted by Gasteiger charge is -2.34. The van der Waals surface area contributed by atoms with Gasteiger partial charge in [-0.15, -0.1) is 0 Å². The molecule has 2 aromatic rings. The highest BCUT2D eigenvalue weighted by atomic mass is 32.2. The summed E-state index contributed by atoms with van der Waals surface area (Å²) in [7, 11) is -2.39. The van der Waals surface area contributed by atoms with Crippen LogP contribution >= 0.6 is 0 Å². The molecule has 1 saturated heterocycles. The van der Waals surface area contributed by atoms with E-state index in [1.165, 1.54) is 23.5 Å². The van der Waals surface area contributed by atoms with Gasteiger partial charge in [0.25, 0.3) is 11.6 Å². The monoisotopic (exact) mass is 419 g/mol. The summed E-state index contributed by atoms with van der Waals surface area (Å²) in [4.78, 5) is 24.6. The highest BCUT2D eigenvalue weighted by molar-refractivity contribution is 7.89. The molecule has 0 aromatic heterocycles. The van der Waals surface area contributed by atoms with Crippen molar-refractivity contribution in [3.63, 3.8) is 0 Å². The van der Waals surface area contributed by atoms with Crippen molar-refractivity contribution >= 4 is 21.6 Å². The van der Waals surface area contributed by atoms with Gasteiger partial charge >= 0.3 is 0 Å². The van der Waals surface area contributed by atoms with Crippen LogP contribution in [-0.2, 0) is 10.0 Å². The van der Waals surface area contributed by atoms with Gasteiger partial charge in [-0.1, -0.05) is 12.1 Å². The van der Waals surface area contributed by atoms with E-state index in [1.807, 2.05) is 0 Å². The van der Waals surface area contributed by atoms with Gasteiger partial charge in [0, 0.05) is 43.9 Å². The topological polar surface area (TPSA) is 110 Å². The smallest absolute Gasteiger partial charge is 0.270 e. The molecular formula is C19H21N3O6S. The molecule has 1 fully saturated rings. The highest BCUT2D eigenvalue weighted by Crippen LogP contribution is 2.26. The maximum absolute atomic E-state index is 13.0. The molecule has 0 atom stereocenters. The standard InChI is InChI=1S/C19H21N3O6S/c1-14-6-7-16(22(24)25)13-18(14)29(26,27)21-10-8-20(9-11-21)19(23)15-4-3-5-17(12-15)28-2/h3-7,12-13H,8-11H2,1-2H3. The van der Waals surface area contributed by atoms with Gasteiger partial charge in [-0.2, -0.15) is 4.31 Å². The average molecular weight is 419 g/mol. The van der Waals surface area contributed by atoms with Crippen molar-refractivity contribution in [2.45, 2.75) is 11.8 Å². The van der Waals surface area contributed by atoms with Crippen LogP contribution in [0.2, 0.25) is 0 Å². The predicted molar refractivity (Wildman–Crippen MR) is 105 cm³/mol. The van der Waals surface area contributed by atoms with Crippen molar-refractivity contribution in [3.05, 3.63) is 63.7 Å². The summed E-state index contributed by atoms with van der Waals surface area (Å²) >= 11 is 0. The summed E-state index contributed by atoms with van der Waals surface area (Å²) in [6, 6.07) is 10.6. The van der Waals surface area contributed by atoms with Gasteiger partial charge < -0.3 is 9.64 Å². The summed E-state index contributed by atoms with van der Waals surface area (Å²) in [6.07, 6.45) is 0. The van der Waals surface area contributed by atoms with Crippen molar-refractivity contribution in [1.29, 1.82) is 0 Å². The fraction of sp³-hybridized carbons (Fsp3) is 0.316. The van der Waals surface area contributed by atoms with Crippen LogP contribution in [0, 0.1) is 17.0 Å². The lowest BCUT2D eigenvalue weighted by Crippen LogP contribution is -2.50. The van der Waals surface area contributed by atoms with E-state index >= 15 is 0 Å². The first-order chi connectivity index (χ1) is 13.7. The lowest BCUT2D eigenvalue weighted by molar-refractivity contribution is -0.385. The van der Waals surface area contributed by atoms with Crippen molar-refractivity contribution in [1.82, 2.24) is 9.21 Å². The van der Waals surface area contributed by atoms with Gasteiger partial charge in [-0.25, -0.2) is 8.42 Å². The van der Waals surface area contributed by atoms with Crippen LogP contribution < -0.4 is 4.74 Å². The second kappa shape index (κ2) is 8.18. The zero-order chi connectivity index (χ0) is 21.2. The van der Waals surface area contributed by atoms with Gasteiger partial charge in [-0.3, -0.25) is 14.9 Å². The third kappa shape index (κ3) is 4.22. The molecule has 0 radical (unpaired) electrons. The number of hydrogen-bond donors (Lipinski definition) is 0. The molecular weight excluding hydrogens is 398 g/mol. The number of methoxy groups -OCH3 is 1. The molecule has 1 heterocycles. The number of nitro groups is 1. The number of non-ortho nitro benzene ring substituents is 1. The quantitative estimate of drug-likeness (QED) is 0.542. The summed E-state index contributed by atoms with van der Waals surface area (Å²) in [5.41, 5.74) is 0.627. The van der Waals surface area contributed by atoms with Gasteiger partial charge in [-0.05, 0) is 30.7 Å². The molecule has 0 unspecified atom stereocenters. The molecule has 0 bridgehead atoms. The van der Waals surface area contributed by atoms with Crippen LogP contribution in [0.15, 0.2) is 47.4 Å². The molecule has 0 spiro atoms. The average Bonchev–Trinajstić information content (AvgIpc) is 2.73. The molecule has 1 aliphatic heterocycles. The van der Waals surface area contributed by atoms with Crippen molar-refractivity contribution in [3.8, 4) is 5.75 Å². The number of nitro benzene ring substituents is 1. The van der Waals surface area contributed by atoms with Crippen LogP contribution in [0.4, 0.5) is 5.69 Å². The molecule has 154 valence electrons. The molecule has 10 heteroatoms. The zero-order valence-electron chi connectivity index (χ0n) is 16.1. The van der Waals surface area contributed by atoms with Crippen LogP contribution in [0.3, 0.4) is 0 Å². The highest BCUT2D eigenvalue weighted by Gasteiger charge is 2.32. The first-order valence-electron chi connectivity index (χ1n) is 8.92. The summed E-state index contributed by atoms with van der Waals surface area (Å²) in [5, 5.41) is 11.0. The molecule has 9 nitrogen and oxygen atoms in total. The van der Waals surface area contributed by atoms with E-state index in [4.69, 9.17) is 4.74 Å². The van der Waals surface area contributed by atoms with E-state index in [-0.39, 0.29) is 42.7 Å². The van der Waals surface area contributed by atoms with Gasteiger partial charge in [0.05, 0.1) is 16.9 Å². The summed E-state index contributed by atoms with van der Waals surface area (Å²) in [5.74, 6) is 0.366. The normalized spacial score (nSPS) is 15.2. The molecule has 2 aromatic carbocycles. The number of carbonyl (C=O) groups excluding carboxylic acids is 1. The number of ether oxygens (including phenoxy) is 1. The van der Waals surface area contributed by atoms with E-state index in [0.29, 0.717) is 16.9 Å². The van der Waals surface area contributed by atoms with Crippen LogP contribution in [-0.4, -0.2) is 61.7 Å². The number of hydrogen-bond acceptors (Lipinski definition) is 6. The Balaban J connectivity index is 1.75. The van der Waals surface area contributed by atoms with Gasteiger partial charge in [0.1, 0.15) is 5.75 Å². The maximum atomic E-state index is 13.0. The number of benzene rings is 2. The number of piperazine rings is 1. The van der Waals surface area contributed by atoms with Crippen LogP contribution in [0.25, 0.3) is 0 Å². The fourth-order valence-electron chi connectivity index (χ4n) is 3.19. The minimum Gasteiger partial charge on any atom is -0.497 e. The van der Waals surface area contributed by atoms with Crippen molar-refractivity contribution < 1.29 is 22.9 Å². The van der Waals surface area contributed by atoms with Crippen molar-refractivity contribution in [2.75, 3.05) is 33.3 Å². The number of sulfonamides is 1. The molecule has 1 aliphatic rings. The van der Waals surface area contributed by atoms with E-state index in [1.54, 1.807) is 36.1 Å². The molecule has 0 saturated carbocycles. The molecule has 0 aliphatic carbocycles. The second-order valence-electron chi connectivity index (χ2n) is 6.64. The Hall–Kier alpha value is -2.98. The predicted octanol–water partition coefficient (Wildman–Crippen LogP) is 2.06. The first kappa shape index (κ1) is 20.7. The molecule has 29 heavy (non-hydrogen) atoms. The Bertz CT molecular complexity index is 1050. The van der Waals surface area contributed by atoms with Gasteiger partial charge in [0.2, 0.25) is 10.0 Å². The Morgan fingerprint density at radius 3 is 2.41 bits per heavy atom. The fourth-order valence-corrected chi connectivity index (χ4v) is 4.86. The number of rotatable bonds is 5. The molecule has 0 N–H and O–H groups in total. The SMILES string of the molecule is COc1cccc(C(=O)N2CCN(S(=O)(=O)c3cc([N+](=O)[O-])ccc3C)CC2)c1.